The third-order valence-corrected chi connectivity index (χ3v) is 4.58. The van der Waals surface area contributed by atoms with Crippen LogP contribution in [-0.4, -0.2) is 21.2 Å². The molecule has 0 spiro atoms. The smallest absolute Gasteiger partial charge is 0.266 e. The van der Waals surface area contributed by atoms with Gasteiger partial charge in [0.15, 0.2) is 0 Å². The molecular weight excluding hydrogens is 330 g/mol. The summed E-state index contributed by atoms with van der Waals surface area (Å²) in [6, 6.07) is 7.91. The van der Waals surface area contributed by atoms with Gasteiger partial charge < -0.3 is 0 Å². The maximum absolute atomic E-state index is 12.2. The number of halogens is 1. The lowest BCUT2D eigenvalue weighted by Gasteiger charge is -2.18. The van der Waals surface area contributed by atoms with Gasteiger partial charge in [0, 0.05) is 10.5 Å². The molecule has 0 atom stereocenters. The highest BCUT2D eigenvalue weighted by Crippen LogP contribution is 2.34. The van der Waals surface area contributed by atoms with E-state index >= 15 is 0 Å². The van der Waals surface area contributed by atoms with Crippen LogP contribution in [0.4, 0.5) is 0 Å². The fourth-order valence-corrected chi connectivity index (χ4v) is 3.57. The number of thioether (sulfide) groups is 1. The molecule has 18 heavy (non-hydrogen) atoms. The highest BCUT2D eigenvalue weighted by atomic mass is 79.9. The summed E-state index contributed by atoms with van der Waals surface area (Å²) in [5.74, 6) is -0.00393. The molecule has 5 heteroatoms. The summed E-state index contributed by atoms with van der Waals surface area (Å²) in [6.45, 7) is 3.93. The molecule has 1 fully saturated rings. The van der Waals surface area contributed by atoms with Crippen LogP contribution < -0.4 is 0 Å². The highest BCUT2D eigenvalue weighted by Gasteiger charge is 2.33. The third-order valence-electron chi connectivity index (χ3n) is 2.53. The van der Waals surface area contributed by atoms with Crippen molar-refractivity contribution in [2.45, 2.75) is 19.9 Å². The van der Waals surface area contributed by atoms with Gasteiger partial charge in [0.25, 0.3) is 5.91 Å². The van der Waals surface area contributed by atoms with Crippen molar-refractivity contribution in [1.29, 1.82) is 0 Å². The van der Waals surface area contributed by atoms with Crippen molar-refractivity contribution in [3.8, 4) is 0 Å². The molecule has 0 N–H and O–H groups in total. The van der Waals surface area contributed by atoms with Gasteiger partial charge in [0.05, 0.1) is 4.91 Å². The van der Waals surface area contributed by atoms with Crippen molar-refractivity contribution >= 4 is 56.2 Å². The fraction of sp³-hybridized carbons (Fsp3) is 0.231. The van der Waals surface area contributed by atoms with E-state index in [-0.39, 0.29) is 11.9 Å². The van der Waals surface area contributed by atoms with Crippen LogP contribution in [0.1, 0.15) is 19.4 Å². The highest BCUT2D eigenvalue weighted by molar-refractivity contribution is 9.10. The summed E-state index contributed by atoms with van der Waals surface area (Å²) in [4.78, 5) is 14.5. The molecule has 1 heterocycles. The number of nitrogens with zero attached hydrogens (tertiary/aromatic N) is 1. The molecule has 0 aliphatic carbocycles. The van der Waals surface area contributed by atoms with Crippen LogP contribution >= 0.6 is 39.9 Å². The maximum atomic E-state index is 12.2. The predicted octanol–water partition coefficient (Wildman–Crippen LogP) is 4.06. The SMILES string of the molecule is CC(C)N1C(=O)/C(=C/c2ccccc2Br)SC1=S. The van der Waals surface area contributed by atoms with Crippen LogP contribution in [-0.2, 0) is 4.79 Å². The molecular formula is C13H12BrNOS2. The molecule has 2 rings (SSSR count). The van der Waals surface area contributed by atoms with E-state index in [1.807, 2.05) is 44.2 Å². The Balaban J connectivity index is 2.34. The van der Waals surface area contributed by atoms with Crippen LogP contribution in [0.2, 0.25) is 0 Å². The van der Waals surface area contributed by atoms with Gasteiger partial charge >= 0.3 is 0 Å². The number of carbonyl (C=O) groups is 1. The van der Waals surface area contributed by atoms with E-state index in [0.717, 1.165) is 10.0 Å². The first kappa shape index (κ1) is 13.8. The summed E-state index contributed by atoms with van der Waals surface area (Å²) in [5, 5.41) is 0. The average Bonchev–Trinajstić information content (AvgIpc) is 2.57. The molecule has 0 bridgehead atoms. The van der Waals surface area contributed by atoms with Gasteiger partial charge in [-0.15, -0.1) is 0 Å². The summed E-state index contributed by atoms with van der Waals surface area (Å²) in [6.07, 6.45) is 1.88. The first-order valence-electron chi connectivity index (χ1n) is 5.52. The van der Waals surface area contributed by atoms with Gasteiger partial charge in [-0.3, -0.25) is 9.69 Å². The van der Waals surface area contributed by atoms with Gasteiger partial charge in [-0.05, 0) is 31.6 Å². The average molecular weight is 342 g/mol. The summed E-state index contributed by atoms with van der Waals surface area (Å²) >= 11 is 10.1. The Morgan fingerprint density at radius 1 is 1.39 bits per heavy atom. The van der Waals surface area contributed by atoms with Gasteiger partial charge in [-0.1, -0.05) is 58.1 Å². The Labute approximate surface area is 125 Å². The number of benzene rings is 1. The van der Waals surface area contributed by atoms with Gasteiger partial charge in [-0.25, -0.2) is 0 Å². The molecule has 2 nitrogen and oxygen atoms in total. The Morgan fingerprint density at radius 2 is 2.06 bits per heavy atom. The second-order valence-corrected chi connectivity index (χ2v) is 6.70. The largest absolute Gasteiger partial charge is 0.290 e. The van der Waals surface area contributed by atoms with Crippen molar-refractivity contribution in [2.75, 3.05) is 0 Å². The zero-order valence-corrected chi connectivity index (χ0v) is 13.2. The minimum atomic E-state index is -0.00393. The molecule has 1 aromatic carbocycles. The Morgan fingerprint density at radius 3 is 2.61 bits per heavy atom. The molecule has 1 amide bonds. The van der Waals surface area contributed by atoms with Crippen LogP contribution in [0.5, 0.6) is 0 Å². The van der Waals surface area contributed by atoms with E-state index in [0.29, 0.717) is 9.23 Å². The van der Waals surface area contributed by atoms with Crippen LogP contribution in [0.3, 0.4) is 0 Å². The number of rotatable bonds is 2. The van der Waals surface area contributed by atoms with E-state index in [1.165, 1.54) is 11.8 Å². The van der Waals surface area contributed by atoms with E-state index in [1.54, 1.807) is 4.90 Å². The van der Waals surface area contributed by atoms with Crippen LogP contribution in [0.15, 0.2) is 33.6 Å². The van der Waals surface area contributed by atoms with Crippen molar-refractivity contribution in [2.24, 2.45) is 0 Å². The fourth-order valence-electron chi connectivity index (χ4n) is 1.66. The molecule has 1 aliphatic rings. The normalized spacial score (nSPS) is 18.2. The lowest BCUT2D eigenvalue weighted by Crippen LogP contribution is -2.34. The minimum Gasteiger partial charge on any atom is -0.290 e. The van der Waals surface area contributed by atoms with E-state index < -0.39 is 0 Å². The van der Waals surface area contributed by atoms with Crippen molar-refractivity contribution in [3.05, 3.63) is 39.2 Å². The van der Waals surface area contributed by atoms with E-state index in [2.05, 4.69) is 15.9 Å². The Bertz CT molecular complexity index is 540. The molecule has 94 valence electrons. The topological polar surface area (TPSA) is 20.3 Å². The third kappa shape index (κ3) is 2.68. The quantitative estimate of drug-likeness (QED) is 0.597. The first-order chi connectivity index (χ1) is 8.50. The number of amides is 1. The maximum Gasteiger partial charge on any atom is 0.266 e. The van der Waals surface area contributed by atoms with Gasteiger partial charge in [0.1, 0.15) is 4.32 Å². The van der Waals surface area contributed by atoms with Crippen LogP contribution in [0, 0.1) is 0 Å². The standard InChI is InChI=1S/C13H12BrNOS2/c1-8(2)15-12(16)11(18-13(15)17)7-9-5-3-4-6-10(9)14/h3-8H,1-2H3/b11-7-. The van der Waals surface area contributed by atoms with Crippen molar-refractivity contribution < 1.29 is 4.79 Å². The molecule has 0 radical (unpaired) electrons. The Kier molecular flexibility index (Phi) is 4.25. The first-order valence-corrected chi connectivity index (χ1v) is 7.54. The molecule has 1 aromatic rings. The Hall–Kier alpha value is -0.650. The lowest BCUT2D eigenvalue weighted by molar-refractivity contribution is -0.123. The lowest BCUT2D eigenvalue weighted by atomic mass is 10.2. The van der Waals surface area contributed by atoms with Gasteiger partial charge in [-0.2, -0.15) is 0 Å². The molecule has 0 saturated carbocycles. The van der Waals surface area contributed by atoms with Crippen molar-refractivity contribution in [3.63, 3.8) is 0 Å². The number of hydrogen-bond donors (Lipinski definition) is 0. The van der Waals surface area contributed by atoms with Crippen molar-refractivity contribution in [1.82, 2.24) is 4.90 Å². The number of thiocarbonyl (C=S) groups is 1. The molecule has 1 saturated heterocycles. The van der Waals surface area contributed by atoms with E-state index in [9.17, 15) is 4.79 Å². The number of hydrogen-bond acceptors (Lipinski definition) is 3. The molecule has 0 aromatic heterocycles. The monoisotopic (exact) mass is 341 g/mol. The zero-order chi connectivity index (χ0) is 13.3. The minimum absolute atomic E-state index is 0.00393. The summed E-state index contributed by atoms with van der Waals surface area (Å²) in [5.41, 5.74) is 0.988. The summed E-state index contributed by atoms with van der Waals surface area (Å²) < 4.78 is 1.60. The van der Waals surface area contributed by atoms with E-state index in [4.69, 9.17) is 12.2 Å². The molecule has 0 unspecified atom stereocenters. The second-order valence-electron chi connectivity index (χ2n) is 4.17. The summed E-state index contributed by atoms with van der Waals surface area (Å²) in [7, 11) is 0. The predicted molar refractivity (Wildman–Crippen MR) is 84.3 cm³/mol. The second kappa shape index (κ2) is 5.55. The molecule has 1 aliphatic heterocycles. The van der Waals surface area contributed by atoms with Crippen LogP contribution in [0.25, 0.3) is 6.08 Å². The van der Waals surface area contributed by atoms with Gasteiger partial charge in [0.2, 0.25) is 0 Å². The number of carbonyl (C=O) groups excluding carboxylic acids is 1. The zero-order valence-electron chi connectivity index (χ0n) is 10.0.